The Morgan fingerprint density at radius 1 is 1.62 bits per heavy atom. The predicted octanol–water partition coefficient (Wildman–Crippen LogP) is 1.26. The first-order chi connectivity index (χ1) is 6.38. The molecule has 0 aliphatic heterocycles. The Hall–Kier alpha value is -1.67. The Bertz CT molecular complexity index is 423. The molecule has 0 fully saturated rings. The molecule has 64 valence electrons. The Kier molecular flexibility index (Phi) is 2.06. The second-order valence-corrected chi connectivity index (χ2v) is 3.24. The van der Waals surface area contributed by atoms with E-state index < -0.39 is 0 Å². The number of nitriles is 1. The zero-order valence-electron chi connectivity index (χ0n) is 6.71. The van der Waals surface area contributed by atoms with Gasteiger partial charge in [0.25, 0.3) is 0 Å². The van der Waals surface area contributed by atoms with Gasteiger partial charge in [0, 0.05) is 11.6 Å². The van der Waals surface area contributed by atoms with Crippen LogP contribution in [0.5, 0.6) is 0 Å². The summed E-state index contributed by atoms with van der Waals surface area (Å²) in [5, 5.41) is 14.5. The molecular weight excluding hydrogens is 184 g/mol. The summed E-state index contributed by atoms with van der Waals surface area (Å²) in [6.45, 7) is 0.630. The van der Waals surface area contributed by atoms with Gasteiger partial charge in [0.15, 0.2) is 0 Å². The van der Waals surface area contributed by atoms with Gasteiger partial charge in [0.1, 0.15) is 6.07 Å². The average molecular weight is 190 g/mol. The van der Waals surface area contributed by atoms with Crippen LogP contribution in [0.25, 0.3) is 0 Å². The Morgan fingerprint density at radius 3 is 3.15 bits per heavy atom. The van der Waals surface area contributed by atoms with Crippen LogP contribution in [0.4, 0.5) is 0 Å². The van der Waals surface area contributed by atoms with E-state index in [1.165, 1.54) is 0 Å². The molecule has 0 saturated carbocycles. The van der Waals surface area contributed by atoms with Crippen LogP contribution in [-0.2, 0) is 6.54 Å². The van der Waals surface area contributed by atoms with Crippen molar-refractivity contribution in [2.24, 2.45) is 0 Å². The highest BCUT2D eigenvalue weighted by atomic mass is 32.1. The van der Waals surface area contributed by atoms with Gasteiger partial charge in [0.05, 0.1) is 29.5 Å². The number of hydrogen-bond acceptors (Lipinski definition) is 4. The normalized spacial score (nSPS) is 9.77. The molecule has 2 aromatic heterocycles. The summed E-state index contributed by atoms with van der Waals surface area (Å²) in [4.78, 5) is 4.12. The van der Waals surface area contributed by atoms with E-state index in [-0.39, 0.29) is 0 Å². The first-order valence-electron chi connectivity index (χ1n) is 3.68. The SMILES string of the molecule is N#Cc1cnn(Cc2cscn2)c1. The fourth-order valence-corrected chi connectivity index (χ4v) is 1.54. The third kappa shape index (κ3) is 1.73. The van der Waals surface area contributed by atoms with Crippen molar-refractivity contribution in [3.8, 4) is 6.07 Å². The van der Waals surface area contributed by atoms with Crippen molar-refractivity contribution in [3.63, 3.8) is 0 Å². The summed E-state index contributed by atoms with van der Waals surface area (Å²) in [6, 6.07) is 2.03. The van der Waals surface area contributed by atoms with E-state index in [2.05, 4.69) is 10.1 Å². The minimum atomic E-state index is 0.579. The fraction of sp³-hybridized carbons (Fsp3) is 0.125. The van der Waals surface area contributed by atoms with Gasteiger partial charge < -0.3 is 0 Å². The second-order valence-electron chi connectivity index (χ2n) is 2.52. The van der Waals surface area contributed by atoms with E-state index in [1.54, 1.807) is 33.9 Å². The number of aromatic nitrogens is 3. The molecule has 0 spiro atoms. The molecule has 0 aliphatic carbocycles. The van der Waals surface area contributed by atoms with Gasteiger partial charge in [-0.15, -0.1) is 11.3 Å². The van der Waals surface area contributed by atoms with Crippen LogP contribution in [0.1, 0.15) is 11.3 Å². The lowest BCUT2D eigenvalue weighted by molar-refractivity contribution is 0.675. The van der Waals surface area contributed by atoms with Crippen LogP contribution in [-0.4, -0.2) is 14.8 Å². The van der Waals surface area contributed by atoms with Gasteiger partial charge in [-0.3, -0.25) is 4.68 Å². The van der Waals surface area contributed by atoms with Gasteiger partial charge in [-0.25, -0.2) is 4.98 Å². The lowest BCUT2D eigenvalue weighted by Crippen LogP contribution is -1.99. The van der Waals surface area contributed by atoms with E-state index in [0.717, 1.165) is 5.69 Å². The summed E-state index contributed by atoms with van der Waals surface area (Å²) in [5.41, 5.74) is 3.33. The molecule has 0 radical (unpaired) electrons. The third-order valence-corrected chi connectivity index (χ3v) is 2.21. The maximum atomic E-state index is 8.56. The van der Waals surface area contributed by atoms with E-state index >= 15 is 0 Å². The number of thiazole rings is 1. The molecule has 2 aromatic rings. The average Bonchev–Trinajstić information content (AvgIpc) is 2.76. The lowest BCUT2D eigenvalue weighted by atomic mass is 10.4. The van der Waals surface area contributed by atoms with Crippen molar-refractivity contribution >= 4 is 11.3 Å². The van der Waals surface area contributed by atoms with Crippen LogP contribution < -0.4 is 0 Å². The standard InChI is InChI=1S/C8H6N4S/c9-1-7-2-11-12(3-7)4-8-5-13-6-10-8/h2-3,5-6H,4H2. The van der Waals surface area contributed by atoms with Crippen LogP contribution >= 0.6 is 11.3 Å². The molecule has 0 aliphatic rings. The highest BCUT2D eigenvalue weighted by Gasteiger charge is 1.99. The zero-order chi connectivity index (χ0) is 9.10. The van der Waals surface area contributed by atoms with Gasteiger partial charge in [-0.05, 0) is 0 Å². The molecule has 0 saturated heterocycles. The molecule has 2 rings (SSSR count). The van der Waals surface area contributed by atoms with E-state index in [1.807, 2.05) is 11.4 Å². The molecule has 13 heavy (non-hydrogen) atoms. The monoisotopic (exact) mass is 190 g/mol. The smallest absolute Gasteiger partial charge is 0.102 e. The fourth-order valence-electron chi connectivity index (χ4n) is 0.989. The van der Waals surface area contributed by atoms with Crippen LogP contribution in [0.15, 0.2) is 23.3 Å². The summed E-state index contributed by atoms with van der Waals surface area (Å²) in [6.07, 6.45) is 3.26. The largest absolute Gasteiger partial charge is 0.265 e. The molecule has 0 unspecified atom stereocenters. The molecule has 5 heteroatoms. The second kappa shape index (κ2) is 3.37. The number of rotatable bonds is 2. The molecule has 0 atom stereocenters. The van der Waals surface area contributed by atoms with E-state index in [0.29, 0.717) is 12.1 Å². The maximum absolute atomic E-state index is 8.56. The topological polar surface area (TPSA) is 54.5 Å². The quantitative estimate of drug-likeness (QED) is 0.716. The first kappa shape index (κ1) is 7.95. The summed E-state index contributed by atoms with van der Waals surface area (Å²) < 4.78 is 1.70. The van der Waals surface area contributed by atoms with Crippen LogP contribution in [0.2, 0.25) is 0 Å². The Labute approximate surface area is 79.1 Å². The predicted molar refractivity (Wildman–Crippen MR) is 48.2 cm³/mol. The Balaban J connectivity index is 2.15. The van der Waals surface area contributed by atoms with E-state index in [9.17, 15) is 0 Å². The highest BCUT2D eigenvalue weighted by molar-refractivity contribution is 7.07. The van der Waals surface area contributed by atoms with Crippen molar-refractivity contribution in [2.75, 3.05) is 0 Å². The molecular formula is C8H6N4S. The van der Waals surface area contributed by atoms with Gasteiger partial charge in [-0.1, -0.05) is 0 Å². The maximum Gasteiger partial charge on any atom is 0.102 e. The highest BCUT2D eigenvalue weighted by Crippen LogP contribution is 2.03. The van der Waals surface area contributed by atoms with Crippen molar-refractivity contribution in [2.45, 2.75) is 6.54 Å². The van der Waals surface area contributed by atoms with Crippen molar-refractivity contribution in [1.82, 2.24) is 14.8 Å². The van der Waals surface area contributed by atoms with Gasteiger partial charge >= 0.3 is 0 Å². The minimum absolute atomic E-state index is 0.579. The molecule has 0 amide bonds. The van der Waals surface area contributed by atoms with Gasteiger partial charge in [-0.2, -0.15) is 10.4 Å². The van der Waals surface area contributed by atoms with Crippen molar-refractivity contribution < 1.29 is 0 Å². The molecule has 0 bridgehead atoms. The third-order valence-electron chi connectivity index (χ3n) is 1.57. The van der Waals surface area contributed by atoms with E-state index in [4.69, 9.17) is 5.26 Å². The van der Waals surface area contributed by atoms with Gasteiger partial charge in [0.2, 0.25) is 0 Å². The molecule has 4 nitrogen and oxygen atoms in total. The summed E-state index contributed by atoms with van der Waals surface area (Å²) >= 11 is 1.55. The first-order valence-corrected chi connectivity index (χ1v) is 4.62. The Morgan fingerprint density at radius 2 is 2.54 bits per heavy atom. The summed E-state index contributed by atoms with van der Waals surface area (Å²) in [5.74, 6) is 0. The number of hydrogen-bond donors (Lipinski definition) is 0. The van der Waals surface area contributed by atoms with Crippen molar-refractivity contribution in [3.05, 3.63) is 34.5 Å². The minimum Gasteiger partial charge on any atom is -0.265 e. The molecule has 0 aromatic carbocycles. The van der Waals surface area contributed by atoms with Crippen LogP contribution in [0, 0.1) is 11.3 Å². The lowest BCUT2D eigenvalue weighted by Gasteiger charge is -1.94. The number of nitrogens with zero attached hydrogens (tertiary/aromatic N) is 4. The van der Waals surface area contributed by atoms with Crippen molar-refractivity contribution in [1.29, 1.82) is 5.26 Å². The van der Waals surface area contributed by atoms with Crippen LogP contribution in [0.3, 0.4) is 0 Å². The zero-order valence-corrected chi connectivity index (χ0v) is 7.53. The molecule has 2 heterocycles. The summed E-state index contributed by atoms with van der Waals surface area (Å²) in [7, 11) is 0. The molecule has 0 N–H and O–H groups in total.